The Labute approximate surface area is 147 Å². The van der Waals surface area contributed by atoms with E-state index in [0.717, 1.165) is 35.7 Å². The molecule has 0 bridgehead atoms. The van der Waals surface area contributed by atoms with E-state index in [9.17, 15) is 4.79 Å². The molecule has 4 heteroatoms. The fourth-order valence-corrected chi connectivity index (χ4v) is 3.32. The summed E-state index contributed by atoms with van der Waals surface area (Å²) in [5, 5.41) is 0. The van der Waals surface area contributed by atoms with E-state index in [1.165, 1.54) is 5.56 Å². The number of fused-ring (bicyclic) bond motifs is 1. The van der Waals surface area contributed by atoms with Gasteiger partial charge in [-0.2, -0.15) is 0 Å². The maximum absolute atomic E-state index is 12.6. The Kier molecular flexibility index (Phi) is 4.10. The van der Waals surface area contributed by atoms with Crippen molar-refractivity contribution in [2.75, 3.05) is 11.4 Å². The van der Waals surface area contributed by atoms with Gasteiger partial charge in [-0.15, -0.1) is 0 Å². The summed E-state index contributed by atoms with van der Waals surface area (Å²) in [5.41, 5.74) is 4.12. The van der Waals surface area contributed by atoms with Gasteiger partial charge in [-0.25, -0.2) is 4.98 Å². The minimum absolute atomic E-state index is 0.147. The molecule has 0 fully saturated rings. The fraction of sp³-hybridized carbons (Fsp3) is 0.238. The van der Waals surface area contributed by atoms with Gasteiger partial charge in [0.2, 0.25) is 11.8 Å². The van der Waals surface area contributed by atoms with Crippen LogP contribution >= 0.6 is 0 Å². The van der Waals surface area contributed by atoms with E-state index in [1.807, 2.05) is 60.4 Å². The third kappa shape index (κ3) is 3.07. The second-order valence-electron chi connectivity index (χ2n) is 6.31. The van der Waals surface area contributed by atoms with E-state index in [2.05, 4.69) is 11.1 Å². The van der Waals surface area contributed by atoms with Gasteiger partial charge in [0.1, 0.15) is 5.76 Å². The van der Waals surface area contributed by atoms with E-state index in [1.54, 1.807) is 0 Å². The monoisotopic (exact) mass is 332 g/mol. The van der Waals surface area contributed by atoms with Gasteiger partial charge < -0.3 is 9.32 Å². The third-order valence-corrected chi connectivity index (χ3v) is 4.68. The zero-order valence-electron chi connectivity index (χ0n) is 14.2. The number of rotatable bonds is 4. The SMILES string of the molecule is Cc1oc(-c2ccccc2)nc1CCC(=O)N1CCc2ccccc21. The van der Waals surface area contributed by atoms with Crippen molar-refractivity contribution in [2.24, 2.45) is 0 Å². The Hall–Kier alpha value is -2.88. The van der Waals surface area contributed by atoms with E-state index >= 15 is 0 Å². The van der Waals surface area contributed by atoms with Crippen LogP contribution in [0.15, 0.2) is 59.0 Å². The largest absolute Gasteiger partial charge is 0.441 e. The topological polar surface area (TPSA) is 46.3 Å². The van der Waals surface area contributed by atoms with Crippen LogP contribution in [0.4, 0.5) is 5.69 Å². The predicted molar refractivity (Wildman–Crippen MR) is 97.5 cm³/mol. The van der Waals surface area contributed by atoms with E-state index in [0.29, 0.717) is 18.7 Å². The zero-order chi connectivity index (χ0) is 17.2. The second-order valence-corrected chi connectivity index (χ2v) is 6.31. The van der Waals surface area contributed by atoms with Gasteiger partial charge in [-0.05, 0) is 37.1 Å². The number of carbonyl (C=O) groups is 1. The van der Waals surface area contributed by atoms with Crippen molar-refractivity contribution in [3.8, 4) is 11.5 Å². The summed E-state index contributed by atoms with van der Waals surface area (Å²) in [4.78, 5) is 19.1. The Morgan fingerprint density at radius 3 is 2.72 bits per heavy atom. The van der Waals surface area contributed by atoms with Crippen molar-refractivity contribution in [2.45, 2.75) is 26.2 Å². The predicted octanol–water partition coefficient (Wildman–Crippen LogP) is 4.17. The highest BCUT2D eigenvalue weighted by atomic mass is 16.4. The molecule has 4 nitrogen and oxygen atoms in total. The second kappa shape index (κ2) is 6.55. The van der Waals surface area contributed by atoms with Gasteiger partial charge in [0, 0.05) is 30.6 Å². The molecular weight excluding hydrogens is 312 g/mol. The van der Waals surface area contributed by atoms with Crippen molar-refractivity contribution in [3.05, 3.63) is 71.6 Å². The Balaban J connectivity index is 1.46. The summed E-state index contributed by atoms with van der Waals surface area (Å²) in [6.07, 6.45) is 1.97. The van der Waals surface area contributed by atoms with Gasteiger partial charge in [0.05, 0.1) is 5.69 Å². The number of benzene rings is 2. The number of amides is 1. The molecule has 0 atom stereocenters. The minimum Gasteiger partial charge on any atom is -0.441 e. The number of oxazole rings is 1. The van der Waals surface area contributed by atoms with Gasteiger partial charge in [-0.3, -0.25) is 4.79 Å². The van der Waals surface area contributed by atoms with Crippen molar-refractivity contribution in [1.29, 1.82) is 0 Å². The van der Waals surface area contributed by atoms with Gasteiger partial charge in [-0.1, -0.05) is 36.4 Å². The standard InChI is InChI=1S/C21H20N2O2/c1-15-18(22-21(25-15)17-8-3-2-4-9-17)11-12-20(24)23-14-13-16-7-5-6-10-19(16)23/h2-10H,11-14H2,1H3. The van der Waals surface area contributed by atoms with Crippen LogP contribution in [0.3, 0.4) is 0 Å². The molecule has 1 aliphatic rings. The van der Waals surface area contributed by atoms with Crippen LogP contribution < -0.4 is 4.90 Å². The Bertz CT molecular complexity index is 899. The molecule has 0 saturated heterocycles. The van der Waals surface area contributed by atoms with Crippen LogP contribution in [-0.2, 0) is 17.6 Å². The van der Waals surface area contributed by atoms with Gasteiger partial charge in [0.15, 0.2) is 0 Å². The molecule has 4 rings (SSSR count). The Morgan fingerprint density at radius 2 is 1.88 bits per heavy atom. The highest BCUT2D eigenvalue weighted by Gasteiger charge is 2.24. The fourth-order valence-electron chi connectivity index (χ4n) is 3.32. The molecule has 126 valence electrons. The molecule has 0 saturated carbocycles. The average molecular weight is 332 g/mol. The van der Waals surface area contributed by atoms with Crippen LogP contribution in [0, 0.1) is 6.92 Å². The first kappa shape index (κ1) is 15.6. The Morgan fingerprint density at radius 1 is 1.12 bits per heavy atom. The molecule has 1 amide bonds. The van der Waals surface area contributed by atoms with Crippen LogP contribution in [-0.4, -0.2) is 17.4 Å². The lowest BCUT2D eigenvalue weighted by molar-refractivity contribution is -0.118. The van der Waals surface area contributed by atoms with Gasteiger partial charge >= 0.3 is 0 Å². The van der Waals surface area contributed by atoms with Crippen molar-refractivity contribution in [1.82, 2.24) is 4.98 Å². The normalized spacial score (nSPS) is 13.1. The summed E-state index contributed by atoms with van der Waals surface area (Å²) < 4.78 is 5.78. The van der Waals surface area contributed by atoms with Crippen molar-refractivity contribution in [3.63, 3.8) is 0 Å². The lowest BCUT2D eigenvalue weighted by atomic mass is 10.1. The maximum atomic E-state index is 12.6. The molecule has 0 unspecified atom stereocenters. The molecule has 2 aromatic carbocycles. The smallest absolute Gasteiger partial charge is 0.227 e. The number of aromatic nitrogens is 1. The molecule has 0 aliphatic carbocycles. The number of nitrogens with zero attached hydrogens (tertiary/aromatic N) is 2. The first-order valence-corrected chi connectivity index (χ1v) is 8.62. The number of anilines is 1. The molecule has 0 spiro atoms. The molecule has 1 aromatic heterocycles. The first-order valence-electron chi connectivity index (χ1n) is 8.62. The molecular formula is C21H20N2O2. The quantitative estimate of drug-likeness (QED) is 0.720. The number of hydrogen-bond donors (Lipinski definition) is 0. The van der Waals surface area contributed by atoms with Crippen LogP contribution in [0.1, 0.15) is 23.4 Å². The highest BCUT2D eigenvalue weighted by Crippen LogP contribution is 2.28. The molecule has 3 aromatic rings. The molecule has 0 radical (unpaired) electrons. The molecule has 2 heterocycles. The minimum atomic E-state index is 0.147. The zero-order valence-corrected chi connectivity index (χ0v) is 14.2. The summed E-state index contributed by atoms with van der Waals surface area (Å²) in [5.74, 6) is 1.55. The van der Waals surface area contributed by atoms with Crippen LogP contribution in [0.5, 0.6) is 0 Å². The number of hydrogen-bond acceptors (Lipinski definition) is 3. The lowest BCUT2D eigenvalue weighted by Crippen LogP contribution is -2.29. The number of para-hydroxylation sites is 1. The van der Waals surface area contributed by atoms with Gasteiger partial charge in [0.25, 0.3) is 0 Å². The molecule has 1 aliphatic heterocycles. The first-order chi connectivity index (χ1) is 12.2. The van der Waals surface area contributed by atoms with E-state index in [-0.39, 0.29) is 5.91 Å². The summed E-state index contributed by atoms with van der Waals surface area (Å²) in [6, 6.07) is 18.0. The summed E-state index contributed by atoms with van der Waals surface area (Å²) in [6.45, 7) is 2.68. The van der Waals surface area contributed by atoms with E-state index < -0.39 is 0 Å². The van der Waals surface area contributed by atoms with E-state index in [4.69, 9.17) is 4.42 Å². The summed E-state index contributed by atoms with van der Waals surface area (Å²) in [7, 11) is 0. The lowest BCUT2D eigenvalue weighted by Gasteiger charge is -2.16. The number of carbonyl (C=O) groups excluding carboxylic acids is 1. The average Bonchev–Trinajstić information content (AvgIpc) is 3.24. The number of aryl methyl sites for hydroxylation is 2. The van der Waals surface area contributed by atoms with Crippen LogP contribution in [0.2, 0.25) is 0 Å². The summed E-state index contributed by atoms with van der Waals surface area (Å²) >= 11 is 0. The van der Waals surface area contributed by atoms with Crippen molar-refractivity contribution < 1.29 is 9.21 Å². The molecule has 25 heavy (non-hydrogen) atoms. The highest BCUT2D eigenvalue weighted by molar-refractivity contribution is 5.95. The molecule has 0 N–H and O–H groups in total. The van der Waals surface area contributed by atoms with Crippen LogP contribution in [0.25, 0.3) is 11.5 Å². The third-order valence-electron chi connectivity index (χ3n) is 4.68. The maximum Gasteiger partial charge on any atom is 0.227 e. The van der Waals surface area contributed by atoms with Crippen molar-refractivity contribution >= 4 is 11.6 Å².